The molecule has 0 atom stereocenters. The van der Waals surface area contributed by atoms with Crippen LogP contribution in [0.4, 0.5) is 5.69 Å². The number of anilines is 1. The van der Waals surface area contributed by atoms with Gasteiger partial charge in [-0.3, -0.25) is 4.79 Å². The van der Waals surface area contributed by atoms with Crippen LogP contribution in [0.25, 0.3) is 22.2 Å². The number of aryl methyl sites for hydroxylation is 1. The Morgan fingerprint density at radius 3 is 2.96 bits per heavy atom. The van der Waals surface area contributed by atoms with Crippen LogP contribution in [-0.2, 0) is 18.4 Å². The molecule has 2 aliphatic heterocycles. The molecule has 1 aromatic carbocycles. The number of benzene rings is 1. The van der Waals surface area contributed by atoms with E-state index >= 15 is 0 Å². The van der Waals surface area contributed by atoms with Crippen LogP contribution in [0, 0.1) is 5.92 Å². The second-order valence-electron chi connectivity index (χ2n) is 6.99. The first kappa shape index (κ1) is 15.1. The van der Waals surface area contributed by atoms with E-state index in [9.17, 15) is 4.79 Å². The van der Waals surface area contributed by atoms with Crippen LogP contribution in [0.2, 0.25) is 0 Å². The lowest BCUT2D eigenvalue weighted by molar-refractivity contribution is -0.670. The summed E-state index contributed by atoms with van der Waals surface area (Å²) >= 11 is 0. The minimum absolute atomic E-state index is 0.276. The Labute approximate surface area is 150 Å². The third-order valence-corrected chi connectivity index (χ3v) is 5.17. The van der Waals surface area contributed by atoms with E-state index in [0.29, 0.717) is 19.7 Å². The number of carbonyl (C=O) groups is 1. The molecule has 26 heavy (non-hydrogen) atoms. The van der Waals surface area contributed by atoms with Crippen molar-refractivity contribution >= 4 is 22.6 Å². The largest absolute Gasteiger partial charge is 0.488 e. The first-order valence-electron chi connectivity index (χ1n) is 8.62. The fourth-order valence-electron chi connectivity index (χ4n) is 3.64. The smallest absolute Gasteiger partial charge is 0.310 e. The van der Waals surface area contributed by atoms with Crippen molar-refractivity contribution in [2.24, 2.45) is 13.0 Å². The third kappa shape index (κ3) is 2.29. The molecule has 0 saturated carbocycles. The standard InChI is InChI=1S/C20H17N3O3/c1-22-5-4-17-12(8-22)6-13-11-26-18-7-15(2-3-16(18)19(13)21-17)23-9-14(10-23)20(24)25/h2-8,14H,9-11H2,1H3/p+1. The van der Waals surface area contributed by atoms with Crippen LogP contribution in [0.3, 0.4) is 0 Å². The normalized spacial score (nSPS) is 15.8. The van der Waals surface area contributed by atoms with Gasteiger partial charge in [-0.05, 0) is 18.2 Å². The third-order valence-electron chi connectivity index (χ3n) is 5.17. The van der Waals surface area contributed by atoms with E-state index in [1.54, 1.807) is 0 Å². The minimum atomic E-state index is -0.728. The summed E-state index contributed by atoms with van der Waals surface area (Å²) in [6, 6.07) is 10.2. The predicted molar refractivity (Wildman–Crippen MR) is 96.0 cm³/mol. The number of ether oxygens (including phenoxy) is 1. The molecule has 0 radical (unpaired) electrons. The van der Waals surface area contributed by atoms with E-state index in [1.807, 2.05) is 42.1 Å². The number of hydrogen-bond donors (Lipinski definition) is 1. The van der Waals surface area contributed by atoms with Crippen molar-refractivity contribution in [2.45, 2.75) is 6.61 Å². The van der Waals surface area contributed by atoms with E-state index in [4.69, 9.17) is 14.8 Å². The quantitative estimate of drug-likeness (QED) is 0.719. The first-order chi connectivity index (χ1) is 12.6. The van der Waals surface area contributed by atoms with Gasteiger partial charge in [0, 0.05) is 42.0 Å². The van der Waals surface area contributed by atoms with Gasteiger partial charge in [0.05, 0.1) is 22.5 Å². The average Bonchev–Trinajstić information content (AvgIpc) is 2.58. The van der Waals surface area contributed by atoms with Crippen LogP contribution < -0.4 is 14.2 Å². The summed E-state index contributed by atoms with van der Waals surface area (Å²) in [5.41, 5.74) is 4.99. The van der Waals surface area contributed by atoms with Gasteiger partial charge in [-0.2, -0.15) is 0 Å². The highest BCUT2D eigenvalue weighted by atomic mass is 16.5. The van der Waals surface area contributed by atoms with Gasteiger partial charge in [-0.15, -0.1) is 0 Å². The molecular formula is C20H18N3O3+. The Hall–Kier alpha value is -3.15. The van der Waals surface area contributed by atoms with Crippen molar-refractivity contribution < 1.29 is 19.2 Å². The van der Waals surface area contributed by atoms with Crippen LogP contribution in [0.15, 0.2) is 42.7 Å². The lowest BCUT2D eigenvalue weighted by Crippen LogP contribution is -2.50. The number of aromatic nitrogens is 2. The number of carboxylic acid groups (broad SMARTS) is 1. The van der Waals surface area contributed by atoms with Gasteiger partial charge >= 0.3 is 5.97 Å². The second kappa shape index (κ2) is 5.42. The van der Waals surface area contributed by atoms with Gasteiger partial charge in [0.2, 0.25) is 0 Å². The van der Waals surface area contributed by atoms with Crippen LogP contribution in [-0.4, -0.2) is 29.1 Å². The molecule has 4 heterocycles. The summed E-state index contributed by atoms with van der Waals surface area (Å²) in [7, 11) is 2.00. The van der Waals surface area contributed by atoms with Crippen molar-refractivity contribution in [2.75, 3.05) is 18.0 Å². The van der Waals surface area contributed by atoms with E-state index in [-0.39, 0.29) is 5.92 Å². The molecule has 0 amide bonds. The van der Waals surface area contributed by atoms with Gasteiger partial charge in [-0.25, -0.2) is 9.55 Å². The fourth-order valence-corrected chi connectivity index (χ4v) is 3.64. The number of aliphatic carboxylic acids is 1. The number of rotatable bonds is 2. The van der Waals surface area contributed by atoms with Gasteiger partial charge in [0.1, 0.15) is 19.4 Å². The van der Waals surface area contributed by atoms with Crippen molar-refractivity contribution in [1.82, 2.24) is 4.98 Å². The van der Waals surface area contributed by atoms with Crippen LogP contribution in [0.1, 0.15) is 5.56 Å². The van der Waals surface area contributed by atoms with Gasteiger partial charge in [-0.1, -0.05) is 0 Å². The molecule has 1 N–H and O–H groups in total. The summed E-state index contributed by atoms with van der Waals surface area (Å²) < 4.78 is 7.98. The molecule has 2 aliphatic rings. The minimum Gasteiger partial charge on any atom is -0.488 e. The molecule has 0 unspecified atom stereocenters. The number of pyridine rings is 2. The topological polar surface area (TPSA) is 66.5 Å². The second-order valence-corrected chi connectivity index (χ2v) is 6.99. The van der Waals surface area contributed by atoms with Crippen molar-refractivity contribution in [1.29, 1.82) is 0 Å². The summed E-state index contributed by atoms with van der Waals surface area (Å²) in [6.45, 7) is 1.58. The maximum Gasteiger partial charge on any atom is 0.310 e. The Morgan fingerprint density at radius 1 is 1.31 bits per heavy atom. The Morgan fingerprint density at radius 2 is 2.15 bits per heavy atom. The summed E-state index contributed by atoms with van der Waals surface area (Å²) in [5, 5.41) is 10.1. The van der Waals surface area contributed by atoms with Crippen LogP contribution in [0.5, 0.6) is 5.75 Å². The van der Waals surface area contributed by atoms with Crippen molar-refractivity contribution in [3.63, 3.8) is 0 Å². The molecule has 2 aromatic heterocycles. The fraction of sp³-hybridized carbons (Fsp3) is 0.250. The average molecular weight is 348 g/mol. The number of hydrogen-bond acceptors (Lipinski definition) is 4. The maximum atomic E-state index is 11.0. The molecule has 1 fully saturated rings. The highest BCUT2D eigenvalue weighted by Gasteiger charge is 2.33. The first-order valence-corrected chi connectivity index (χ1v) is 8.62. The van der Waals surface area contributed by atoms with Gasteiger partial charge in [0.25, 0.3) is 0 Å². The zero-order valence-electron chi connectivity index (χ0n) is 14.3. The lowest BCUT2D eigenvalue weighted by Gasteiger charge is -2.39. The Bertz CT molecular complexity index is 1060. The predicted octanol–water partition coefficient (Wildman–Crippen LogP) is 2.14. The van der Waals surface area contributed by atoms with Crippen LogP contribution >= 0.6 is 0 Å². The molecule has 0 aliphatic carbocycles. The molecule has 130 valence electrons. The highest BCUT2D eigenvalue weighted by Crippen LogP contribution is 2.40. The molecule has 6 nitrogen and oxygen atoms in total. The number of nitrogens with zero attached hydrogens (tertiary/aromatic N) is 3. The van der Waals surface area contributed by atoms with E-state index in [1.165, 1.54) is 0 Å². The summed E-state index contributed by atoms with van der Waals surface area (Å²) in [5.74, 6) is -0.196. The highest BCUT2D eigenvalue weighted by molar-refractivity contribution is 5.85. The number of fused-ring (bicyclic) bond motifs is 4. The van der Waals surface area contributed by atoms with E-state index in [0.717, 1.165) is 39.2 Å². The van der Waals surface area contributed by atoms with Gasteiger partial charge < -0.3 is 14.7 Å². The molecule has 0 bridgehead atoms. The zero-order valence-corrected chi connectivity index (χ0v) is 14.3. The molecule has 6 heteroatoms. The Balaban J connectivity index is 1.52. The number of carboxylic acids is 1. The monoisotopic (exact) mass is 348 g/mol. The zero-order chi connectivity index (χ0) is 17.8. The molecule has 1 saturated heterocycles. The summed E-state index contributed by atoms with van der Waals surface area (Å²) in [4.78, 5) is 17.9. The Kier molecular flexibility index (Phi) is 3.16. The molecule has 3 aromatic rings. The molecule has 5 rings (SSSR count). The van der Waals surface area contributed by atoms with Crippen molar-refractivity contribution in [3.05, 3.63) is 48.3 Å². The lowest BCUT2D eigenvalue weighted by atomic mass is 9.97. The van der Waals surface area contributed by atoms with E-state index in [2.05, 4.69) is 17.2 Å². The molecular weight excluding hydrogens is 330 g/mol. The SMILES string of the molecule is C[n+]1ccc2nc3c(cc2c1)COc1cc(N2CC(C(=O)O)C2)ccc1-3. The molecule has 0 spiro atoms. The van der Waals surface area contributed by atoms with Gasteiger partial charge in [0.15, 0.2) is 12.4 Å². The van der Waals surface area contributed by atoms with E-state index < -0.39 is 5.97 Å². The maximum absolute atomic E-state index is 11.0. The summed E-state index contributed by atoms with van der Waals surface area (Å²) in [6.07, 6.45) is 4.05. The van der Waals surface area contributed by atoms with Crippen molar-refractivity contribution in [3.8, 4) is 17.0 Å².